The molecule has 1 aromatic carbocycles. The van der Waals surface area contributed by atoms with Crippen molar-refractivity contribution in [3.63, 3.8) is 0 Å². The van der Waals surface area contributed by atoms with E-state index >= 15 is 0 Å². The van der Waals surface area contributed by atoms with Gasteiger partial charge in [-0.05, 0) is 37.8 Å². The first kappa shape index (κ1) is 24.6. The van der Waals surface area contributed by atoms with E-state index in [-0.39, 0.29) is 13.1 Å². The molecule has 2 saturated heterocycles. The van der Waals surface area contributed by atoms with E-state index in [2.05, 4.69) is 50.8 Å². The van der Waals surface area contributed by atoms with Crippen molar-refractivity contribution in [3.05, 3.63) is 35.4 Å². The van der Waals surface area contributed by atoms with Gasteiger partial charge in [0.05, 0.1) is 13.1 Å². The lowest BCUT2D eigenvalue weighted by Gasteiger charge is -2.38. The van der Waals surface area contributed by atoms with Gasteiger partial charge in [0.25, 0.3) is 0 Å². The van der Waals surface area contributed by atoms with Gasteiger partial charge in [0.15, 0.2) is 0 Å². The number of carboxylic acids is 2. The molecular formula is C24H38N4O4. The highest BCUT2D eigenvalue weighted by molar-refractivity contribution is 5.69. The Morgan fingerprint density at radius 2 is 1.38 bits per heavy atom. The molecule has 2 fully saturated rings. The second-order valence-corrected chi connectivity index (χ2v) is 9.35. The Morgan fingerprint density at radius 3 is 2.09 bits per heavy atom. The van der Waals surface area contributed by atoms with Gasteiger partial charge in [-0.1, -0.05) is 29.8 Å². The number of hydrogen-bond donors (Lipinski definition) is 2. The maximum atomic E-state index is 11.5. The van der Waals surface area contributed by atoms with Crippen molar-refractivity contribution < 1.29 is 19.8 Å². The molecule has 0 saturated carbocycles. The van der Waals surface area contributed by atoms with Crippen LogP contribution in [0.1, 0.15) is 17.5 Å². The van der Waals surface area contributed by atoms with Crippen LogP contribution in [0, 0.1) is 12.8 Å². The van der Waals surface area contributed by atoms with Gasteiger partial charge in [-0.2, -0.15) is 0 Å². The minimum Gasteiger partial charge on any atom is -0.480 e. The minimum absolute atomic E-state index is 0.0740. The van der Waals surface area contributed by atoms with Crippen molar-refractivity contribution in [3.8, 4) is 0 Å². The van der Waals surface area contributed by atoms with Gasteiger partial charge >= 0.3 is 11.9 Å². The molecule has 178 valence electrons. The highest BCUT2D eigenvalue weighted by Crippen LogP contribution is 2.16. The van der Waals surface area contributed by atoms with Gasteiger partial charge in [0.2, 0.25) is 0 Å². The quantitative estimate of drug-likeness (QED) is 0.668. The monoisotopic (exact) mass is 446 g/mol. The zero-order chi connectivity index (χ0) is 22.9. The summed E-state index contributed by atoms with van der Waals surface area (Å²) in [5.41, 5.74) is 2.52. The van der Waals surface area contributed by atoms with Gasteiger partial charge in [0.1, 0.15) is 0 Å². The summed E-state index contributed by atoms with van der Waals surface area (Å²) in [5, 5.41) is 18.7. The van der Waals surface area contributed by atoms with Crippen LogP contribution in [0.3, 0.4) is 0 Å². The molecule has 3 atom stereocenters. The topological polar surface area (TPSA) is 87.6 Å². The molecule has 2 aliphatic rings. The predicted octanol–water partition coefficient (Wildman–Crippen LogP) is 0.948. The Morgan fingerprint density at radius 1 is 0.781 bits per heavy atom. The first-order valence-corrected chi connectivity index (χ1v) is 11.8. The second-order valence-electron chi connectivity index (χ2n) is 9.35. The van der Waals surface area contributed by atoms with E-state index < -0.39 is 11.9 Å². The number of aryl methyl sites for hydroxylation is 1. The average Bonchev–Trinajstić information content (AvgIpc) is 2.73. The van der Waals surface area contributed by atoms with Crippen LogP contribution >= 0.6 is 0 Å². The summed E-state index contributed by atoms with van der Waals surface area (Å²) >= 11 is 0. The summed E-state index contributed by atoms with van der Waals surface area (Å²) in [6.07, 6.45) is 1.84. The smallest absolute Gasteiger partial charge is 0.317 e. The summed E-state index contributed by atoms with van der Waals surface area (Å²) in [6, 6.07) is 8.62. The normalized spacial score (nSPS) is 26.5. The first-order chi connectivity index (χ1) is 15.4. The average molecular weight is 447 g/mol. The van der Waals surface area contributed by atoms with Crippen LogP contribution in [0.5, 0.6) is 0 Å². The van der Waals surface area contributed by atoms with Gasteiger partial charge in [0, 0.05) is 58.9 Å². The number of hydrogen-bond acceptors (Lipinski definition) is 6. The summed E-state index contributed by atoms with van der Waals surface area (Å²) in [6.45, 7) is 10.7. The molecule has 2 N–H and O–H groups in total. The number of rotatable bonds is 6. The van der Waals surface area contributed by atoms with E-state index in [0.717, 1.165) is 78.3 Å². The van der Waals surface area contributed by atoms with E-state index in [1.807, 2.05) is 0 Å². The molecule has 0 amide bonds. The van der Waals surface area contributed by atoms with Gasteiger partial charge in [-0.3, -0.25) is 19.4 Å². The molecule has 3 rings (SSSR count). The van der Waals surface area contributed by atoms with Crippen molar-refractivity contribution in [1.29, 1.82) is 0 Å². The van der Waals surface area contributed by atoms with E-state index in [1.54, 1.807) is 0 Å². The maximum absolute atomic E-state index is 11.5. The Bertz CT molecular complexity index is 742. The largest absolute Gasteiger partial charge is 0.480 e. The zero-order valence-electron chi connectivity index (χ0n) is 19.3. The first-order valence-electron chi connectivity index (χ1n) is 11.8. The summed E-state index contributed by atoms with van der Waals surface area (Å²) in [4.78, 5) is 31.8. The molecule has 0 spiro atoms. The fraction of sp³-hybridized carbons (Fsp3) is 0.667. The Balaban J connectivity index is 1.77. The maximum Gasteiger partial charge on any atom is 0.317 e. The molecular weight excluding hydrogens is 408 g/mol. The number of fused-ring (bicyclic) bond motifs is 3. The van der Waals surface area contributed by atoms with Crippen molar-refractivity contribution >= 4 is 11.9 Å². The van der Waals surface area contributed by atoms with E-state index in [4.69, 9.17) is 0 Å². The Hall–Kier alpha value is -2.00. The van der Waals surface area contributed by atoms with Gasteiger partial charge < -0.3 is 20.0 Å². The highest BCUT2D eigenvalue weighted by Gasteiger charge is 2.24. The summed E-state index contributed by atoms with van der Waals surface area (Å²) < 4.78 is 0. The number of benzene rings is 1. The lowest BCUT2D eigenvalue weighted by Crippen LogP contribution is -2.50. The molecule has 2 unspecified atom stereocenters. The fourth-order valence-electron chi connectivity index (χ4n) is 4.86. The third-order valence-corrected chi connectivity index (χ3v) is 6.54. The van der Waals surface area contributed by atoms with Gasteiger partial charge in [-0.25, -0.2) is 0 Å². The molecule has 32 heavy (non-hydrogen) atoms. The van der Waals surface area contributed by atoms with Crippen LogP contribution in [0.15, 0.2) is 24.3 Å². The third kappa shape index (κ3) is 8.50. The molecule has 2 bridgehead atoms. The molecule has 8 heteroatoms. The van der Waals surface area contributed by atoms with Crippen molar-refractivity contribution in [2.45, 2.75) is 19.8 Å². The SMILES string of the molecule is Cc1ccc(C[C@@H]2CN3CCN(CCCN(CC(=O)O)CC3)CCN(CC(=O)O)C2)cc1. The van der Waals surface area contributed by atoms with Crippen LogP contribution in [0.2, 0.25) is 0 Å². The fourth-order valence-corrected chi connectivity index (χ4v) is 4.86. The third-order valence-electron chi connectivity index (χ3n) is 6.54. The van der Waals surface area contributed by atoms with Crippen LogP contribution in [-0.4, -0.2) is 120 Å². The van der Waals surface area contributed by atoms with Crippen molar-refractivity contribution in [2.24, 2.45) is 5.92 Å². The van der Waals surface area contributed by atoms with Gasteiger partial charge in [-0.15, -0.1) is 0 Å². The molecule has 0 aliphatic carbocycles. The van der Waals surface area contributed by atoms with Crippen molar-refractivity contribution in [1.82, 2.24) is 19.6 Å². The molecule has 0 radical (unpaired) electrons. The van der Waals surface area contributed by atoms with Crippen LogP contribution in [0.25, 0.3) is 0 Å². The lowest BCUT2D eigenvalue weighted by molar-refractivity contribution is -0.139. The van der Waals surface area contributed by atoms with Crippen LogP contribution in [0.4, 0.5) is 0 Å². The Kier molecular flexibility index (Phi) is 9.47. The number of carboxylic acid groups (broad SMARTS) is 2. The predicted molar refractivity (Wildman–Crippen MR) is 124 cm³/mol. The second kappa shape index (κ2) is 12.3. The van der Waals surface area contributed by atoms with Crippen LogP contribution < -0.4 is 0 Å². The number of aliphatic carboxylic acids is 2. The minimum atomic E-state index is -0.773. The van der Waals surface area contributed by atoms with E-state index in [9.17, 15) is 19.8 Å². The molecule has 8 nitrogen and oxygen atoms in total. The molecule has 0 aromatic heterocycles. The number of nitrogens with zero attached hydrogens (tertiary/aromatic N) is 4. The zero-order valence-corrected chi connectivity index (χ0v) is 19.3. The number of carbonyl (C=O) groups is 2. The summed E-state index contributed by atoms with van der Waals surface area (Å²) in [7, 11) is 0. The van der Waals surface area contributed by atoms with Crippen molar-refractivity contribution in [2.75, 3.05) is 78.5 Å². The molecule has 2 aliphatic heterocycles. The van der Waals surface area contributed by atoms with E-state index in [0.29, 0.717) is 5.92 Å². The van der Waals surface area contributed by atoms with Crippen LogP contribution in [-0.2, 0) is 16.0 Å². The lowest BCUT2D eigenvalue weighted by atomic mass is 9.96. The standard InChI is InChI=1S/C24H38N4O4/c1-20-3-5-21(6-4-20)15-22-16-27-11-9-25(10-14-28(17-22)19-24(31)32)7-2-8-26(12-13-27)18-23(29)30/h3-6,22H,2,7-19H2,1H3,(H,29,30)(H,31,32)/t22-/m1/s1. The highest BCUT2D eigenvalue weighted by atomic mass is 16.4. The Labute approximate surface area is 191 Å². The van der Waals surface area contributed by atoms with E-state index in [1.165, 1.54) is 11.1 Å². The summed E-state index contributed by atoms with van der Waals surface area (Å²) in [5.74, 6) is -1.22. The molecule has 2 heterocycles. The molecule has 1 aromatic rings.